The zero-order chi connectivity index (χ0) is 18.7. The molecule has 0 aromatic heterocycles. The summed E-state index contributed by atoms with van der Waals surface area (Å²) in [6.45, 7) is 0. The molecule has 0 radical (unpaired) electrons. The number of hydrogen-bond acceptors (Lipinski definition) is 5. The van der Waals surface area contributed by atoms with Crippen LogP contribution in [-0.2, 0) is 0 Å². The Kier molecular flexibility index (Phi) is 5.18. The van der Waals surface area contributed by atoms with Gasteiger partial charge in [-0.15, -0.1) is 0 Å². The predicted octanol–water partition coefficient (Wildman–Crippen LogP) is 3.08. The largest absolute Gasteiger partial charge is 0.393 e. The average Bonchev–Trinajstić information content (AvgIpc) is 2.63. The second-order valence-corrected chi connectivity index (χ2v) is 6.58. The zero-order valence-electron chi connectivity index (χ0n) is 14.2. The summed E-state index contributed by atoms with van der Waals surface area (Å²) in [6, 6.07) is 11.7. The summed E-state index contributed by atoms with van der Waals surface area (Å²) in [5, 5.41) is 23.8. The molecule has 2 aromatic carbocycles. The SMILES string of the molecule is NC(=O)c1ccc(-c2ccc([N+](=O)[O-])cc2)cc1NC1CCC(O)CC1. The lowest BCUT2D eigenvalue weighted by atomic mass is 9.92. The topological polar surface area (TPSA) is 118 Å². The van der Waals surface area contributed by atoms with Gasteiger partial charge < -0.3 is 16.2 Å². The lowest BCUT2D eigenvalue weighted by Crippen LogP contribution is -2.29. The maximum absolute atomic E-state index is 11.8. The van der Waals surface area contributed by atoms with Crippen LogP contribution in [0.2, 0.25) is 0 Å². The Labute approximate surface area is 151 Å². The molecule has 136 valence electrons. The van der Waals surface area contributed by atoms with Gasteiger partial charge >= 0.3 is 0 Å². The van der Waals surface area contributed by atoms with Crippen LogP contribution in [0.15, 0.2) is 42.5 Å². The third-order valence-electron chi connectivity index (χ3n) is 4.75. The Balaban J connectivity index is 1.88. The van der Waals surface area contributed by atoms with Crippen molar-refractivity contribution in [1.29, 1.82) is 0 Å². The Morgan fingerprint density at radius 3 is 2.27 bits per heavy atom. The lowest BCUT2D eigenvalue weighted by molar-refractivity contribution is -0.384. The van der Waals surface area contributed by atoms with E-state index in [4.69, 9.17) is 5.73 Å². The van der Waals surface area contributed by atoms with Crippen molar-refractivity contribution in [2.45, 2.75) is 37.8 Å². The molecule has 3 rings (SSSR count). The van der Waals surface area contributed by atoms with E-state index in [1.54, 1.807) is 24.3 Å². The minimum atomic E-state index is -0.515. The van der Waals surface area contributed by atoms with Crippen LogP contribution in [0.5, 0.6) is 0 Å². The van der Waals surface area contributed by atoms with Crippen molar-refractivity contribution in [3.8, 4) is 11.1 Å². The van der Waals surface area contributed by atoms with Gasteiger partial charge in [-0.3, -0.25) is 14.9 Å². The molecule has 1 saturated carbocycles. The summed E-state index contributed by atoms with van der Waals surface area (Å²) in [5.41, 5.74) is 8.22. The first-order chi connectivity index (χ1) is 12.4. The van der Waals surface area contributed by atoms with Gasteiger partial charge in [-0.1, -0.05) is 6.07 Å². The van der Waals surface area contributed by atoms with E-state index in [-0.39, 0.29) is 17.8 Å². The van der Waals surface area contributed by atoms with Crippen LogP contribution < -0.4 is 11.1 Å². The van der Waals surface area contributed by atoms with Crippen molar-refractivity contribution >= 4 is 17.3 Å². The first-order valence-corrected chi connectivity index (χ1v) is 8.57. The number of non-ortho nitro benzene ring substituents is 1. The second kappa shape index (κ2) is 7.53. The Morgan fingerprint density at radius 2 is 1.69 bits per heavy atom. The highest BCUT2D eigenvalue weighted by atomic mass is 16.6. The van der Waals surface area contributed by atoms with Crippen molar-refractivity contribution in [3.05, 3.63) is 58.1 Å². The molecular weight excluding hydrogens is 334 g/mol. The van der Waals surface area contributed by atoms with E-state index in [9.17, 15) is 20.0 Å². The number of primary amides is 1. The molecule has 1 fully saturated rings. The van der Waals surface area contributed by atoms with Crippen LogP contribution >= 0.6 is 0 Å². The highest BCUT2D eigenvalue weighted by Gasteiger charge is 2.21. The maximum Gasteiger partial charge on any atom is 0.269 e. The van der Waals surface area contributed by atoms with Crippen molar-refractivity contribution in [3.63, 3.8) is 0 Å². The fourth-order valence-corrected chi connectivity index (χ4v) is 3.27. The number of rotatable bonds is 5. The molecule has 0 atom stereocenters. The van der Waals surface area contributed by atoms with Crippen LogP contribution in [0.4, 0.5) is 11.4 Å². The van der Waals surface area contributed by atoms with Crippen molar-refractivity contribution in [2.75, 3.05) is 5.32 Å². The molecule has 1 aliphatic carbocycles. The number of nitro groups is 1. The number of nitrogens with two attached hydrogens (primary N) is 1. The molecule has 1 amide bonds. The van der Waals surface area contributed by atoms with E-state index in [2.05, 4.69) is 5.32 Å². The highest BCUT2D eigenvalue weighted by molar-refractivity contribution is 5.99. The van der Waals surface area contributed by atoms with E-state index >= 15 is 0 Å². The lowest BCUT2D eigenvalue weighted by Gasteiger charge is -2.28. The highest BCUT2D eigenvalue weighted by Crippen LogP contribution is 2.29. The molecule has 0 aliphatic heterocycles. The zero-order valence-corrected chi connectivity index (χ0v) is 14.2. The number of nitro benzene ring substituents is 1. The molecular formula is C19H21N3O4. The average molecular weight is 355 g/mol. The van der Waals surface area contributed by atoms with Gasteiger partial charge in [0.25, 0.3) is 11.6 Å². The third-order valence-corrected chi connectivity index (χ3v) is 4.75. The summed E-state index contributed by atoms with van der Waals surface area (Å²) >= 11 is 0. The summed E-state index contributed by atoms with van der Waals surface area (Å²) in [5.74, 6) is -0.515. The smallest absolute Gasteiger partial charge is 0.269 e. The van der Waals surface area contributed by atoms with Crippen LogP contribution in [0.1, 0.15) is 36.0 Å². The van der Waals surface area contributed by atoms with E-state index in [1.807, 2.05) is 6.07 Å². The van der Waals surface area contributed by atoms with Crippen LogP contribution in [-0.4, -0.2) is 28.1 Å². The molecule has 0 unspecified atom stereocenters. The molecule has 0 spiro atoms. The van der Waals surface area contributed by atoms with Crippen LogP contribution in [0.25, 0.3) is 11.1 Å². The fourth-order valence-electron chi connectivity index (χ4n) is 3.27. The van der Waals surface area contributed by atoms with Gasteiger partial charge in [0.2, 0.25) is 0 Å². The van der Waals surface area contributed by atoms with Gasteiger partial charge in [0.05, 0.1) is 16.6 Å². The second-order valence-electron chi connectivity index (χ2n) is 6.58. The van der Waals surface area contributed by atoms with Crippen LogP contribution in [0.3, 0.4) is 0 Å². The van der Waals surface area contributed by atoms with Gasteiger partial charge in [-0.2, -0.15) is 0 Å². The minimum absolute atomic E-state index is 0.0293. The molecule has 2 aromatic rings. The number of carbonyl (C=O) groups excluding carboxylic acids is 1. The van der Waals surface area contributed by atoms with E-state index in [1.165, 1.54) is 12.1 Å². The Bertz CT molecular complexity index is 812. The summed E-state index contributed by atoms with van der Waals surface area (Å²) < 4.78 is 0. The molecule has 26 heavy (non-hydrogen) atoms. The van der Waals surface area contributed by atoms with Gasteiger partial charge in [0.15, 0.2) is 0 Å². The molecule has 0 bridgehead atoms. The minimum Gasteiger partial charge on any atom is -0.393 e. The summed E-state index contributed by atoms with van der Waals surface area (Å²) in [7, 11) is 0. The van der Waals surface area contributed by atoms with E-state index < -0.39 is 10.8 Å². The standard InChI is InChI=1S/C19H21N3O4/c20-19(24)17-10-3-13(12-1-6-15(7-2-12)22(25)26)11-18(17)21-14-4-8-16(23)9-5-14/h1-3,6-7,10-11,14,16,21,23H,4-5,8-9H2,(H2,20,24). The fraction of sp³-hybridized carbons (Fsp3) is 0.316. The Hall–Kier alpha value is -2.93. The van der Waals surface area contributed by atoms with Crippen LogP contribution in [0, 0.1) is 10.1 Å². The van der Waals surface area contributed by atoms with E-state index in [0.29, 0.717) is 11.3 Å². The van der Waals surface area contributed by atoms with Gasteiger partial charge in [0, 0.05) is 23.9 Å². The van der Waals surface area contributed by atoms with Gasteiger partial charge in [-0.25, -0.2) is 0 Å². The number of benzene rings is 2. The van der Waals surface area contributed by atoms with Crippen molar-refractivity contribution in [1.82, 2.24) is 0 Å². The molecule has 0 heterocycles. The predicted molar refractivity (Wildman–Crippen MR) is 98.9 cm³/mol. The Morgan fingerprint density at radius 1 is 1.08 bits per heavy atom. The quantitative estimate of drug-likeness (QED) is 0.562. The number of nitrogens with one attached hydrogen (secondary N) is 1. The van der Waals surface area contributed by atoms with Gasteiger partial charge in [-0.05, 0) is 61.1 Å². The number of aliphatic hydroxyl groups is 1. The number of nitrogens with zero attached hydrogens (tertiary/aromatic N) is 1. The number of hydrogen-bond donors (Lipinski definition) is 3. The number of aliphatic hydroxyl groups excluding tert-OH is 1. The molecule has 7 nitrogen and oxygen atoms in total. The summed E-state index contributed by atoms with van der Waals surface area (Å²) in [4.78, 5) is 22.1. The third kappa shape index (κ3) is 4.00. The monoisotopic (exact) mass is 355 g/mol. The molecule has 1 aliphatic rings. The normalized spacial score (nSPS) is 19.7. The first kappa shape index (κ1) is 17.9. The molecule has 7 heteroatoms. The van der Waals surface area contributed by atoms with Crippen molar-refractivity contribution in [2.24, 2.45) is 5.73 Å². The van der Waals surface area contributed by atoms with Crippen molar-refractivity contribution < 1.29 is 14.8 Å². The number of amides is 1. The van der Waals surface area contributed by atoms with E-state index in [0.717, 1.165) is 36.8 Å². The van der Waals surface area contributed by atoms with Gasteiger partial charge in [0.1, 0.15) is 0 Å². The number of carbonyl (C=O) groups is 1. The number of anilines is 1. The summed E-state index contributed by atoms with van der Waals surface area (Å²) in [6.07, 6.45) is 2.84. The maximum atomic E-state index is 11.8. The molecule has 0 saturated heterocycles. The first-order valence-electron chi connectivity index (χ1n) is 8.57. The molecule has 4 N–H and O–H groups in total.